The fraction of sp³-hybridized carbons (Fsp3) is 1.00. The second-order valence-electron chi connectivity index (χ2n) is 0.333. The molecule has 0 atom stereocenters. The standard InChI is InChI=1S/C2H6S2.CH4S.CH4.H2O2/c1-3-4-2;1-2;;1-2/h1-2H3;2H,1H3;1H4;1-2H. The maximum atomic E-state index is 6.00. The van der Waals surface area contributed by atoms with Gasteiger partial charge in [-0.1, -0.05) is 29.0 Å². The molecule has 0 fully saturated rings. The molecule has 0 unspecified atom stereocenters. The smallest absolute Gasteiger partial charge is 0.00793 e. The minimum atomic E-state index is 0. The maximum absolute atomic E-state index is 6.00. The van der Waals surface area contributed by atoms with Gasteiger partial charge in [-0.25, -0.2) is 0 Å². The van der Waals surface area contributed by atoms with Crippen LogP contribution in [-0.4, -0.2) is 29.3 Å². The fourth-order valence-corrected chi connectivity index (χ4v) is 0. The van der Waals surface area contributed by atoms with Gasteiger partial charge in [-0.15, -0.1) is 0 Å². The zero-order chi connectivity index (χ0) is 7.41. The van der Waals surface area contributed by atoms with Crippen molar-refractivity contribution in [2.45, 2.75) is 7.43 Å². The molecule has 0 spiro atoms. The van der Waals surface area contributed by atoms with Crippen molar-refractivity contribution in [3.8, 4) is 0 Å². The highest BCUT2D eigenvalue weighted by molar-refractivity contribution is 8.76. The molecule has 0 aromatic carbocycles. The highest BCUT2D eigenvalue weighted by Gasteiger charge is 1.55. The van der Waals surface area contributed by atoms with Gasteiger partial charge in [0.05, 0.1) is 0 Å². The van der Waals surface area contributed by atoms with Gasteiger partial charge in [0.2, 0.25) is 0 Å². The Labute approximate surface area is 71.2 Å². The molecule has 0 aliphatic carbocycles. The van der Waals surface area contributed by atoms with Crippen LogP contribution in [0, 0.1) is 0 Å². The maximum Gasteiger partial charge on any atom is -0.00793 e. The van der Waals surface area contributed by atoms with E-state index in [0.29, 0.717) is 0 Å². The predicted molar refractivity (Wildman–Crippen MR) is 53.9 cm³/mol. The van der Waals surface area contributed by atoms with Gasteiger partial charge in [0, 0.05) is 0 Å². The van der Waals surface area contributed by atoms with Gasteiger partial charge in [-0.05, 0) is 18.8 Å². The Bertz CT molecular complexity index is 15.8. The molecule has 0 heterocycles. The van der Waals surface area contributed by atoms with Crippen LogP contribution in [0.5, 0.6) is 0 Å². The monoisotopic (exact) mass is 192 g/mol. The van der Waals surface area contributed by atoms with Crippen LogP contribution in [0.4, 0.5) is 0 Å². The molecule has 0 saturated carbocycles. The molecule has 0 aliphatic rings. The molecule has 62 valence electrons. The van der Waals surface area contributed by atoms with Gasteiger partial charge >= 0.3 is 0 Å². The molecule has 0 aliphatic heterocycles. The topological polar surface area (TPSA) is 40.5 Å². The summed E-state index contributed by atoms with van der Waals surface area (Å²) in [6.07, 6.45) is 5.81. The predicted octanol–water partition coefficient (Wildman–Crippen LogP) is 2.83. The fourth-order valence-electron chi connectivity index (χ4n) is 0. The molecule has 9 heavy (non-hydrogen) atoms. The summed E-state index contributed by atoms with van der Waals surface area (Å²) in [5, 5.41) is 12.0. The summed E-state index contributed by atoms with van der Waals surface area (Å²) in [6.45, 7) is 0. The number of thiol groups is 1. The molecule has 2 nitrogen and oxygen atoms in total. The van der Waals surface area contributed by atoms with E-state index in [-0.39, 0.29) is 7.43 Å². The van der Waals surface area contributed by atoms with E-state index in [1.807, 2.05) is 0 Å². The third-order valence-corrected chi connectivity index (χ3v) is 1.50. The van der Waals surface area contributed by atoms with Crippen molar-refractivity contribution in [1.29, 1.82) is 0 Å². The largest absolute Gasteiger partial charge is 0.255 e. The van der Waals surface area contributed by atoms with Crippen molar-refractivity contribution in [1.82, 2.24) is 0 Å². The first-order valence-corrected chi connectivity index (χ1v) is 5.49. The molecule has 0 amide bonds. The summed E-state index contributed by atoms with van der Waals surface area (Å²) in [7, 11) is 3.55. The molecular formula is C4H16O2S3. The molecule has 0 bridgehead atoms. The Hall–Kier alpha value is 0.970. The van der Waals surface area contributed by atoms with E-state index in [9.17, 15) is 0 Å². The van der Waals surface area contributed by atoms with Crippen LogP contribution < -0.4 is 0 Å². The first-order chi connectivity index (χ1) is 3.91. The van der Waals surface area contributed by atoms with Crippen LogP contribution in [0.2, 0.25) is 0 Å². The quantitative estimate of drug-likeness (QED) is 0.259. The van der Waals surface area contributed by atoms with E-state index in [1.165, 1.54) is 0 Å². The van der Waals surface area contributed by atoms with Crippen LogP contribution in [0.1, 0.15) is 7.43 Å². The van der Waals surface area contributed by atoms with Crippen molar-refractivity contribution in [3.05, 3.63) is 0 Å². The van der Waals surface area contributed by atoms with Crippen LogP contribution in [-0.2, 0) is 0 Å². The van der Waals surface area contributed by atoms with Crippen LogP contribution in [0.15, 0.2) is 0 Å². The van der Waals surface area contributed by atoms with Gasteiger partial charge in [-0.2, -0.15) is 12.6 Å². The third-order valence-electron chi connectivity index (χ3n) is 0.167. The van der Waals surface area contributed by atoms with Crippen molar-refractivity contribution in [2.75, 3.05) is 18.8 Å². The Kier molecular flexibility index (Phi) is 162. The number of rotatable bonds is 1. The minimum Gasteiger partial charge on any atom is -0.255 e. The molecule has 0 saturated heterocycles. The average molecular weight is 192 g/mol. The summed E-state index contributed by atoms with van der Waals surface area (Å²) < 4.78 is 0. The van der Waals surface area contributed by atoms with Crippen LogP contribution >= 0.6 is 34.2 Å². The van der Waals surface area contributed by atoms with Gasteiger partial charge in [-0.3, -0.25) is 10.5 Å². The molecule has 5 heteroatoms. The van der Waals surface area contributed by atoms with Gasteiger partial charge in [0.1, 0.15) is 0 Å². The lowest BCUT2D eigenvalue weighted by molar-refractivity contribution is -0.176. The lowest BCUT2D eigenvalue weighted by Crippen LogP contribution is -1.29. The highest BCUT2D eigenvalue weighted by atomic mass is 33.1. The molecular weight excluding hydrogens is 176 g/mol. The third kappa shape index (κ3) is 112. The van der Waals surface area contributed by atoms with Crippen molar-refractivity contribution in [3.63, 3.8) is 0 Å². The average Bonchev–Trinajstić information content (AvgIpc) is 1.96. The Balaban J connectivity index is -0.0000000221. The van der Waals surface area contributed by atoms with E-state index in [2.05, 4.69) is 25.1 Å². The zero-order valence-corrected chi connectivity index (χ0v) is 7.69. The molecule has 0 aromatic heterocycles. The first-order valence-electron chi connectivity index (χ1n) is 1.63. The highest BCUT2D eigenvalue weighted by Crippen LogP contribution is 2.09. The molecule has 2 N–H and O–H groups in total. The number of hydrogen-bond acceptors (Lipinski definition) is 5. The Morgan fingerprint density at radius 2 is 1.11 bits per heavy atom. The normalized spacial score (nSPS) is 4.67. The van der Waals surface area contributed by atoms with Gasteiger partial charge in [0.15, 0.2) is 0 Å². The van der Waals surface area contributed by atoms with E-state index < -0.39 is 0 Å². The van der Waals surface area contributed by atoms with Gasteiger partial charge < -0.3 is 0 Å². The van der Waals surface area contributed by atoms with E-state index >= 15 is 0 Å². The summed E-state index contributed by atoms with van der Waals surface area (Å²) in [5.74, 6) is 0. The second kappa shape index (κ2) is 64.6. The summed E-state index contributed by atoms with van der Waals surface area (Å²) in [6, 6.07) is 0. The molecule has 0 radical (unpaired) electrons. The summed E-state index contributed by atoms with van der Waals surface area (Å²) in [5.41, 5.74) is 0. The van der Waals surface area contributed by atoms with E-state index in [0.717, 1.165) is 0 Å². The molecule has 0 rings (SSSR count). The summed E-state index contributed by atoms with van der Waals surface area (Å²) in [4.78, 5) is 0. The van der Waals surface area contributed by atoms with Crippen molar-refractivity contribution >= 4 is 34.2 Å². The summed E-state index contributed by atoms with van der Waals surface area (Å²) >= 11 is 3.53. The van der Waals surface area contributed by atoms with E-state index in [4.69, 9.17) is 10.5 Å². The lowest BCUT2D eigenvalue weighted by atomic mass is 12.0. The van der Waals surface area contributed by atoms with E-state index in [1.54, 1.807) is 27.8 Å². The first kappa shape index (κ1) is 22.5. The zero-order valence-electron chi connectivity index (χ0n) is 5.16. The Morgan fingerprint density at radius 1 is 1.00 bits per heavy atom. The van der Waals surface area contributed by atoms with Crippen LogP contribution in [0.3, 0.4) is 0 Å². The van der Waals surface area contributed by atoms with Crippen molar-refractivity contribution in [2.24, 2.45) is 0 Å². The second-order valence-corrected chi connectivity index (χ2v) is 3.00. The molecule has 0 aromatic rings. The Morgan fingerprint density at radius 3 is 1.11 bits per heavy atom. The minimum absolute atomic E-state index is 0. The van der Waals surface area contributed by atoms with Crippen LogP contribution in [0.25, 0.3) is 0 Å². The lowest BCUT2D eigenvalue weighted by Gasteiger charge is -1.69. The van der Waals surface area contributed by atoms with Gasteiger partial charge in [0.25, 0.3) is 0 Å². The van der Waals surface area contributed by atoms with Crippen molar-refractivity contribution < 1.29 is 10.5 Å². The number of hydrogen-bond donors (Lipinski definition) is 3. The SMILES string of the molecule is C.CS.CSSC.OO.